The zero-order chi connectivity index (χ0) is 16.2. The lowest BCUT2D eigenvalue weighted by molar-refractivity contribution is -0.148. The van der Waals surface area contributed by atoms with E-state index in [0.29, 0.717) is 19.6 Å². The van der Waals surface area contributed by atoms with Crippen LogP contribution in [0, 0.1) is 11.8 Å². The minimum Gasteiger partial charge on any atom is -0.481 e. The van der Waals surface area contributed by atoms with Crippen LogP contribution in [0.25, 0.3) is 0 Å². The van der Waals surface area contributed by atoms with Gasteiger partial charge in [-0.25, -0.2) is 0 Å². The molecule has 1 amide bonds. The van der Waals surface area contributed by atoms with Crippen LogP contribution in [0.4, 0.5) is 0 Å². The molecule has 2 aliphatic heterocycles. The first-order valence-electron chi connectivity index (χ1n) is 8.01. The first-order chi connectivity index (χ1) is 11.1. The van der Waals surface area contributed by atoms with E-state index in [0.717, 1.165) is 30.2 Å². The molecule has 2 heterocycles. The van der Waals surface area contributed by atoms with Crippen molar-refractivity contribution in [3.05, 3.63) is 35.9 Å². The van der Waals surface area contributed by atoms with Crippen molar-refractivity contribution in [3.8, 4) is 0 Å². The van der Waals surface area contributed by atoms with Gasteiger partial charge in [0.05, 0.1) is 11.8 Å². The van der Waals surface area contributed by atoms with E-state index in [1.807, 2.05) is 47.0 Å². The van der Waals surface area contributed by atoms with Crippen LogP contribution < -0.4 is 0 Å². The van der Waals surface area contributed by atoms with Gasteiger partial charge in [-0.3, -0.25) is 14.5 Å². The fraction of sp³-hybridized carbons (Fsp3) is 0.529. The van der Waals surface area contributed by atoms with Crippen LogP contribution in [-0.2, 0) is 16.1 Å². The van der Waals surface area contributed by atoms with E-state index in [1.54, 1.807) is 0 Å². The lowest BCUT2D eigenvalue weighted by Gasteiger charge is -2.29. The van der Waals surface area contributed by atoms with Gasteiger partial charge < -0.3 is 10.0 Å². The third kappa shape index (κ3) is 3.87. The number of carbonyl (C=O) groups excluding carboxylic acids is 1. The predicted octanol–water partition coefficient (Wildman–Crippen LogP) is 1.39. The number of hydrogen-bond donors (Lipinski definition) is 1. The maximum absolute atomic E-state index is 12.7. The molecular weight excluding hydrogens is 312 g/mol. The molecule has 6 heteroatoms. The average molecular weight is 334 g/mol. The van der Waals surface area contributed by atoms with Crippen LogP contribution in [-0.4, -0.2) is 64.5 Å². The van der Waals surface area contributed by atoms with Gasteiger partial charge in [0.1, 0.15) is 0 Å². The molecule has 0 saturated carbocycles. The van der Waals surface area contributed by atoms with E-state index in [-0.39, 0.29) is 5.91 Å². The summed E-state index contributed by atoms with van der Waals surface area (Å²) < 4.78 is 0. The number of likely N-dealkylation sites (tertiary alicyclic amines) is 1. The second-order valence-corrected chi connectivity index (χ2v) is 7.39. The Balaban J connectivity index is 1.68. The molecule has 0 bridgehead atoms. The van der Waals surface area contributed by atoms with Crippen LogP contribution in [0.5, 0.6) is 0 Å². The van der Waals surface area contributed by atoms with Crippen LogP contribution >= 0.6 is 11.8 Å². The van der Waals surface area contributed by atoms with E-state index in [2.05, 4.69) is 4.90 Å². The quantitative estimate of drug-likeness (QED) is 0.902. The number of carbonyl (C=O) groups is 2. The average Bonchev–Trinajstić information content (AvgIpc) is 3.00. The number of amides is 1. The van der Waals surface area contributed by atoms with Crippen molar-refractivity contribution >= 4 is 23.6 Å². The van der Waals surface area contributed by atoms with Gasteiger partial charge >= 0.3 is 5.97 Å². The van der Waals surface area contributed by atoms with Crippen LogP contribution in [0.1, 0.15) is 5.56 Å². The number of thioether (sulfide) groups is 1. The Morgan fingerprint density at radius 2 is 1.74 bits per heavy atom. The Labute approximate surface area is 140 Å². The summed E-state index contributed by atoms with van der Waals surface area (Å²) in [6, 6.07) is 10.00. The normalized spacial score (nSPS) is 25.5. The molecule has 1 aromatic rings. The monoisotopic (exact) mass is 334 g/mol. The molecule has 2 fully saturated rings. The Hall–Kier alpha value is -1.53. The number of rotatable bonds is 4. The largest absolute Gasteiger partial charge is 0.481 e. The fourth-order valence-electron chi connectivity index (χ4n) is 3.37. The van der Waals surface area contributed by atoms with Crippen molar-refractivity contribution in [2.75, 3.05) is 37.7 Å². The lowest BCUT2D eigenvalue weighted by atomic mass is 9.95. The highest BCUT2D eigenvalue weighted by molar-refractivity contribution is 7.99. The molecule has 2 aliphatic rings. The van der Waals surface area contributed by atoms with Crippen molar-refractivity contribution in [1.82, 2.24) is 9.80 Å². The summed E-state index contributed by atoms with van der Waals surface area (Å²) in [6.07, 6.45) is 0. The number of aliphatic carboxylic acids is 1. The number of nitrogens with zero attached hydrogens (tertiary/aromatic N) is 2. The first kappa shape index (κ1) is 16.3. The van der Waals surface area contributed by atoms with Gasteiger partial charge in [-0.1, -0.05) is 30.3 Å². The van der Waals surface area contributed by atoms with Gasteiger partial charge in [-0.05, 0) is 5.56 Å². The molecule has 0 aliphatic carbocycles. The van der Waals surface area contributed by atoms with Gasteiger partial charge in [0.15, 0.2) is 0 Å². The van der Waals surface area contributed by atoms with Crippen LogP contribution in [0.15, 0.2) is 30.3 Å². The highest BCUT2D eigenvalue weighted by Gasteiger charge is 2.43. The minimum absolute atomic E-state index is 0.0215. The number of hydrogen-bond acceptors (Lipinski definition) is 4. The molecule has 124 valence electrons. The van der Waals surface area contributed by atoms with Crippen molar-refractivity contribution in [2.24, 2.45) is 11.8 Å². The van der Waals surface area contributed by atoms with E-state index in [4.69, 9.17) is 0 Å². The van der Waals surface area contributed by atoms with Gasteiger partial charge in [-0.2, -0.15) is 11.8 Å². The van der Waals surface area contributed by atoms with Crippen LogP contribution in [0.2, 0.25) is 0 Å². The summed E-state index contributed by atoms with van der Waals surface area (Å²) in [5.41, 5.74) is 1.15. The molecule has 5 nitrogen and oxygen atoms in total. The van der Waals surface area contributed by atoms with Gasteiger partial charge in [0.25, 0.3) is 0 Å². The molecule has 2 atom stereocenters. The number of carboxylic acids is 1. The smallest absolute Gasteiger partial charge is 0.308 e. The maximum atomic E-state index is 12.7. The molecule has 3 rings (SSSR count). The Morgan fingerprint density at radius 3 is 2.39 bits per heavy atom. The SMILES string of the molecule is O=C(O)[C@@H]1CN(Cc2ccccc2)C[C@@H]1C(=O)N1CCSCC1. The van der Waals surface area contributed by atoms with E-state index in [9.17, 15) is 14.7 Å². The molecule has 0 aromatic heterocycles. The predicted molar refractivity (Wildman–Crippen MR) is 90.2 cm³/mol. The van der Waals surface area contributed by atoms with Crippen molar-refractivity contribution in [1.29, 1.82) is 0 Å². The fourth-order valence-corrected chi connectivity index (χ4v) is 4.28. The maximum Gasteiger partial charge on any atom is 0.308 e. The molecule has 1 aromatic carbocycles. The minimum atomic E-state index is -0.856. The summed E-state index contributed by atoms with van der Waals surface area (Å²) in [5.74, 6) is 0.0482. The molecule has 2 saturated heterocycles. The van der Waals surface area contributed by atoms with Crippen molar-refractivity contribution in [2.45, 2.75) is 6.54 Å². The van der Waals surface area contributed by atoms with Crippen LogP contribution in [0.3, 0.4) is 0 Å². The van der Waals surface area contributed by atoms with Gasteiger partial charge in [0, 0.05) is 44.2 Å². The molecule has 23 heavy (non-hydrogen) atoms. The highest BCUT2D eigenvalue weighted by Crippen LogP contribution is 2.28. The van der Waals surface area contributed by atoms with Gasteiger partial charge in [0.2, 0.25) is 5.91 Å². The summed E-state index contributed by atoms with van der Waals surface area (Å²) >= 11 is 1.85. The Bertz CT molecular complexity index is 560. The molecule has 1 N–H and O–H groups in total. The number of carboxylic acid groups (broad SMARTS) is 1. The van der Waals surface area contributed by atoms with Crippen molar-refractivity contribution < 1.29 is 14.7 Å². The first-order valence-corrected chi connectivity index (χ1v) is 9.16. The van der Waals surface area contributed by atoms with E-state index < -0.39 is 17.8 Å². The Kier molecular flexibility index (Phi) is 5.23. The zero-order valence-electron chi connectivity index (χ0n) is 13.1. The molecule has 0 unspecified atom stereocenters. The zero-order valence-corrected chi connectivity index (χ0v) is 13.9. The highest BCUT2D eigenvalue weighted by atomic mass is 32.2. The lowest BCUT2D eigenvalue weighted by Crippen LogP contribution is -2.44. The third-order valence-electron chi connectivity index (χ3n) is 4.60. The standard InChI is InChI=1S/C17H22N2O3S/c20-16(19-6-8-23-9-7-19)14-11-18(12-15(14)17(21)22)10-13-4-2-1-3-5-13/h1-5,14-15H,6-12H2,(H,21,22)/t14-,15+/m0/s1. The molecular formula is C17H22N2O3S. The summed E-state index contributed by atoms with van der Waals surface area (Å²) in [6.45, 7) is 3.16. The summed E-state index contributed by atoms with van der Waals surface area (Å²) in [5, 5.41) is 9.51. The van der Waals surface area contributed by atoms with Gasteiger partial charge in [-0.15, -0.1) is 0 Å². The molecule has 0 radical (unpaired) electrons. The number of benzene rings is 1. The van der Waals surface area contributed by atoms with E-state index >= 15 is 0 Å². The van der Waals surface area contributed by atoms with Crippen molar-refractivity contribution in [3.63, 3.8) is 0 Å². The summed E-state index contributed by atoms with van der Waals surface area (Å²) in [4.78, 5) is 28.3. The topological polar surface area (TPSA) is 60.9 Å². The summed E-state index contributed by atoms with van der Waals surface area (Å²) in [7, 11) is 0. The second kappa shape index (κ2) is 7.36. The Morgan fingerprint density at radius 1 is 1.09 bits per heavy atom. The van der Waals surface area contributed by atoms with E-state index in [1.165, 1.54) is 0 Å². The molecule has 0 spiro atoms. The third-order valence-corrected chi connectivity index (χ3v) is 5.54. The second-order valence-electron chi connectivity index (χ2n) is 6.17.